The molecule has 0 spiro atoms. The Labute approximate surface area is 333 Å². The number of hydrogen-bond donors (Lipinski definition) is 2. The van der Waals surface area contributed by atoms with Crippen molar-refractivity contribution in [2.75, 3.05) is 39.7 Å². The van der Waals surface area contributed by atoms with Gasteiger partial charge >= 0.3 is 12.1 Å². The summed E-state index contributed by atoms with van der Waals surface area (Å²) in [4.78, 5) is 61.4. The minimum Gasteiger partial charge on any atom is -0.490 e. The maximum Gasteiger partial charge on any atom is 0.408 e. The van der Waals surface area contributed by atoms with Gasteiger partial charge in [-0.15, -0.1) is 18.3 Å². The standard InChI is InChI=1S/C40H57ClN4O9S/c1-11-24-21-40(24,37(48)51-10)44-35(46)28-19-26(22-45(28)36(47)34(39(6,7)8)43-38(49)54-25(12-2)18-23(4)5)53-30-20-31(55-13-3)42-33-27(30)14-15-29(32(33)41)52-17-16-50-9/h11,14-15,20,23-26,28,34H,1,12-13,16-19,21-22H2,2-10H3,(H,43,49)(H,44,46)/t24-,25+,26-,28+,34-,40-/m1/s1. The molecule has 1 aliphatic heterocycles. The predicted molar refractivity (Wildman–Crippen MR) is 213 cm³/mol. The molecule has 2 fully saturated rings. The minimum absolute atomic E-state index is 0.00723. The van der Waals surface area contributed by atoms with Gasteiger partial charge in [0, 0.05) is 30.9 Å². The van der Waals surface area contributed by atoms with Gasteiger partial charge in [-0.3, -0.25) is 9.59 Å². The molecule has 0 bridgehead atoms. The van der Waals surface area contributed by atoms with Crippen molar-refractivity contribution >= 4 is 58.1 Å². The van der Waals surface area contributed by atoms with E-state index in [9.17, 15) is 19.2 Å². The first-order valence-electron chi connectivity index (χ1n) is 18.9. The molecular weight excluding hydrogens is 748 g/mol. The molecule has 2 N–H and O–H groups in total. The van der Waals surface area contributed by atoms with E-state index in [0.717, 1.165) is 5.75 Å². The van der Waals surface area contributed by atoms with Gasteiger partial charge in [0.15, 0.2) is 0 Å². The fourth-order valence-corrected chi connectivity index (χ4v) is 7.74. The van der Waals surface area contributed by atoms with E-state index < -0.39 is 53.0 Å². The number of halogens is 1. The van der Waals surface area contributed by atoms with E-state index in [-0.39, 0.29) is 25.0 Å². The van der Waals surface area contributed by atoms with Gasteiger partial charge in [-0.25, -0.2) is 14.6 Å². The second-order valence-electron chi connectivity index (χ2n) is 15.5. The normalized spacial score (nSPS) is 21.8. The number of amides is 3. The molecule has 304 valence electrons. The average Bonchev–Trinajstić information content (AvgIpc) is 3.68. The average molecular weight is 805 g/mol. The van der Waals surface area contributed by atoms with Crippen molar-refractivity contribution < 1.29 is 42.9 Å². The number of hydrogen-bond acceptors (Lipinski definition) is 11. The van der Waals surface area contributed by atoms with Crippen LogP contribution < -0.4 is 20.1 Å². The van der Waals surface area contributed by atoms with Crippen molar-refractivity contribution in [3.05, 3.63) is 35.9 Å². The van der Waals surface area contributed by atoms with E-state index in [0.29, 0.717) is 70.8 Å². The lowest BCUT2D eigenvalue weighted by atomic mass is 9.85. The Morgan fingerprint density at radius 3 is 2.45 bits per heavy atom. The number of pyridine rings is 1. The van der Waals surface area contributed by atoms with Gasteiger partial charge < -0.3 is 39.2 Å². The summed E-state index contributed by atoms with van der Waals surface area (Å²) in [5, 5.41) is 7.32. The Kier molecular flexibility index (Phi) is 15.1. The monoisotopic (exact) mass is 804 g/mol. The molecule has 55 heavy (non-hydrogen) atoms. The zero-order valence-electron chi connectivity index (χ0n) is 33.5. The molecule has 0 unspecified atom stereocenters. The smallest absolute Gasteiger partial charge is 0.408 e. The largest absolute Gasteiger partial charge is 0.490 e. The van der Waals surface area contributed by atoms with Gasteiger partial charge in [-0.2, -0.15) is 0 Å². The number of carbonyl (C=O) groups excluding carboxylic acids is 4. The third kappa shape index (κ3) is 10.6. The molecule has 13 nitrogen and oxygen atoms in total. The van der Waals surface area contributed by atoms with Gasteiger partial charge in [-0.1, -0.05) is 66.1 Å². The summed E-state index contributed by atoms with van der Waals surface area (Å²) in [7, 11) is 2.85. The lowest BCUT2D eigenvalue weighted by Gasteiger charge is -2.35. The topological polar surface area (TPSA) is 155 Å². The summed E-state index contributed by atoms with van der Waals surface area (Å²) >= 11 is 8.34. The summed E-state index contributed by atoms with van der Waals surface area (Å²) in [6.45, 7) is 18.0. The first-order chi connectivity index (χ1) is 26.0. The van der Waals surface area contributed by atoms with Crippen LogP contribution >= 0.6 is 23.4 Å². The number of fused-ring (bicyclic) bond motifs is 1. The highest BCUT2D eigenvalue weighted by molar-refractivity contribution is 7.99. The summed E-state index contributed by atoms with van der Waals surface area (Å²) in [5.74, 6) is 0.00206. The number of likely N-dealkylation sites (tertiary alicyclic amines) is 1. The Bertz CT molecular complexity index is 1720. The molecule has 6 atom stereocenters. The number of esters is 1. The highest BCUT2D eigenvalue weighted by atomic mass is 35.5. The zero-order chi connectivity index (χ0) is 40.7. The molecule has 1 saturated heterocycles. The van der Waals surface area contributed by atoms with Crippen molar-refractivity contribution in [3.8, 4) is 11.5 Å². The summed E-state index contributed by atoms with van der Waals surface area (Å²) < 4.78 is 28.4. The minimum atomic E-state index is -1.29. The number of aromatic nitrogens is 1. The van der Waals surface area contributed by atoms with Gasteiger partial charge in [0.05, 0.1) is 25.8 Å². The van der Waals surface area contributed by atoms with Crippen LogP contribution in [0, 0.1) is 17.3 Å². The summed E-state index contributed by atoms with van der Waals surface area (Å²) in [6, 6.07) is 3.25. The molecule has 0 radical (unpaired) electrons. The maximum atomic E-state index is 14.7. The van der Waals surface area contributed by atoms with E-state index >= 15 is 0 Å². The van der Waals surface area contributed by atoms with Crippen LogP contribution in [0.2, 0.25) is 5.02 Å². The molecule has 3 amide bonds. The molecule has 1 aromatic heterocycles. The second-order valence-corrected chi connectivity index (χ2v) is 17.2. The van der Waals surface area contributed by atoms with Gasteiger partial charge in [0.1, 0.15) is 58.0 Å². The number of nitrogens with zero attached hydrogens (tertiary/aromatic N) is 2. The third-order valence-electron chi connectivity index (χ3n) is 9.84. The fourth-order valence-electron chi connectivity index (χ4n) is 6.84. The highest BCUT2D eigenvalue weighted by Crippen LogP contribution is 2.46. The fraction of sp³-hybridized carbons (Fsp3) is 0.625. The number of ether oxygens (including phenoxy) is 5. The summed E-state index contributed by atoms with van der Waals surface area (Å²) in [5.41, 5.74) is -1.58. The van der Waals surface area contributed by atoms with Gasteiger partial charge in [0.25, 0.3) is 0 Å². The Balaban J connectivity index is 1.70. The third-order valence-corrected chi connectivity index (χ3v) is 11.0. The molecule has 4 rings (SSSR count). The van der Waals surface area contributed by atoms with Gasteiger partial charge in [0.2, 0.25) is 11.8 Å². The van der Waals surface area contributed by atoms with Crippen molar-refractivity contribution in [1.82, 2.24) is 20.5 Å². The molecule has 1 aliphatic carbocycles. The SMILES string of the molecule is C=C[C@@H]1C[C@]1(NC(=O)[C@@H]1C[C@@H](Oc2cc(SCC)nc3c(Cl)c(OCCOC)ccc23)CN1C(=O)[C@@H](NC(=O)O[C@@H](CC)CC(C)C)C(C)(C)C)C(=O)OC. The van der Waals surface area contributed by atoms with Crippen LogP contribution in [0.5, 0.6) is 11.5 Å². The Morgan fingerprint density at radius 2 is 1.87 bits per heavy atom. The van der Waals surface area contributed by atoms with E-state index in [1.54, 1.807) is 19.3 Å². The molecule has 15 heteroatoms. The molecule has 1 saturated carbocycles. The molecule has 1 aromatic carbocycles. The van der Waals surface area contributed by atoms with Crippen LogP contribution in [0.15, 0.2) is 35.9 Å². The number of carbonyl (C=O) groups is 4. The molecular formula is C40H57ClN4O9S. The van der Waals surface area contributed by atoms with Crippen LogP contribution in [0.3, 0.4) is 0 Å². The molecule has 2 aromatic rings. The van der Waals surface area contributed by atoms with E-state index in [4.69, 9.17) is 40.3 Å². The van der Waals surface area contributed by atoms with E-state index in [2.05, 4.69) is 31.1 Å². The van der Waals surface area contributed by atoms with Gasteiger partial charge in [-0.05, 0) is 48.5 Å². The number of nitrogens with one attached hydrogen (secondary N) is 2. The first-order valence-corrected chi connectivity index (χ1v) is 20.2. The molecule has 2 aliphatic rings. The number of rotatable bonds is 18. The summed E-state index contributed by atoms with van der Waals surface area (Å²) in [6.07, 6.45) is 1.61. The van der Waals surface area contributed by atoms with Crippen LogP contribution in [-0.4, -0.2) is 103 Å². The van der Waals surface area contributed by atoms with Crippen LogP contribution in [-0.2, 0) is 28.6 Å². The number of benzene rings is 1. The lowest BCUT2D eigenvalue weighted by Crippen LogP contribution is -2.59. The van der Waals surface area contributed by atoms with E-state index in [1.165, 1.54) is 23.8 Å². The Hall–Kier alpha value is -3.75. The quantitative estimate of drug-likeness (QED) is 0.0728. The van der Waals surface area contributed by atoms with Crippen molar-refractivity contribution in [2.24, 2.45) is 17.3 Å². The number of alkyl carbamates (subject to hydrolysis) is 1. The predicted octanol–water partition coefficient (Wildman–Crippen LogP) is 6.57. The van der Waals surface area contributed by atoms with Crippen LogP contribution in [0.1, 0.15) is 74.1 Å². The maximum absolute atomic E-state index is 14.7. The van der Waals surface area contributed by atoms with E-state index in [1.807, 2.05) is 46.8 Å². The van der Waals surface area contributed by atoms with Crippen molar-refractivity contribution in [1.29, 1.82) is 0 Å². The molecule has 2 heterocycles. The zero-order valence-corrected chi connectivity index (χ0v) is 35.1. The van der Waals surface area contributed by atoms with Crippen LogP contribution in [0.25, 0.3) is 10.9 Å². The number of methoxy groups -OCH3 is 2. The van der Waals surface area contributed by atoms with Crippen molar-refractivity contribution in [3.63, 3.8) is 0 Å². The lowest BCUT2D eigenvalue weighted by molar-refractivity contribution is -0.148. The number of thioether (sulfide) groups is 1. The first kappa shape index (κ1) is 44.0. The second kappa shape index (κ2) is 18.9. The van der Waals surface area contributed by atoms with Crippen molar-refractivity contribution in [2.45, 2.75) is 109 Å². The Morgan fingerprint density at radius 1 is 1.15 bits per heavy atom. The highest BCUT2D eigenvalue weighted by Gasteiger charge is 2.62. The van der Waals surface area contributed by atoms with Crippen LogP contribution in [0.4, 0.5) is 4.79 Å².